The van der Waals surface area contributed by atoms with Crippen molar-refractivity contribution in [2.45, 2.75) is 31.9 Å². The van der Waals surface area contributed by atoms with E-state index in [1.165, 1.54) is 17.2 Å². The van der Waals surface area contributed by atoms with Crippen molar-refractivity contribution in [1.82, 2.24) is 0 Å². The summed E-state index contributed by atoms with van der Waals surface area (Å²) in [6.45, 7) is -2.80. The normalized spacial score (nSPS) is 17.4. The van der Waals surface area contributed by atoms with Gasteiger partial charge >= 0.3 is 6.61 Å². The van der Waals surface area contributed by atoms with Gasteiger partial charge < -0.3 is 10.1 Å². The van der Waals surface area contributed by atoms with Gasteiger partial charge in [0.25, 0.3) is 0 Å². The minimum Gasteiger partial charge on any atom is -0.435 e. The van der Waals surface area contributed by atoms with E-state index in [1.807, 2.05) is 12.1 Å². The predicted molar refractivity (Wildman–Crippen MR) is 78.8 cm³/mol. The van der Waals surface area contributed by atoms with Crippen LogP contribution in [0, 0.1) is 0 Å². The third-order valence-corrected chi connectivity index (χ3v) is 3.77. The fourth-order valence-corrected chi connectivity index (χ4v) is 2.87. The number of hydrogen-bond donors (Lipinski definition) is 1. The maximum atomic E-state index is 12.3. The van der Waals surface area contributed by atoms with Crippen molar-refractivity contribution in [2.75, 3.05) is 5.32 Å². The van der Waals surface area contributed by atoms with E-state index in [0.29, 0.717) is 0 Å². The Balaban J connectivity index is 1.78. The van der Waals surface area contributed by atoms with Gasteiger partial charge in [0.15, 0.2) is 0 Å². The zero-order valence-electron chi connectivity index (χ0n) is 11.6. The number of fused-ring (bicyclic) bond motifs is 1. The number of alkyl halides is 2. The van der Waals surface area contributed by atoms with Gasteiger partial charge in [0, 0.05) is 11.8 Å². The Kier molecular flexibility index (Phi) is 4.04. The summed E-state index contributed by atoms with van der Waals surface area (Å²) in [5, 5.41) is 3.43. The van der Waals surface area contributed by atoms with Crippen LogP contribution in [0.5, 0.6) is 5.75 Å². The predicted octanol–water partition coefficient (Wildman–Crippen LogP) is 4.78. The van der Waals surface area contributed by atoms with Crippen LogP contribution in [-0.2, 0) is 6.42 Å². The van der Waals surface area contributed by atoms with E-state index in [4.69, 9.17) is 0 Å². The lowest BCUT2D eigenvalue weighted by molar-refractivity contribution is -0.0498. The minimum absolute atomic E-state index is 0.180. The summed E-state index contributed by atoms with van der Waals surface area (Å²) in [4.78, 5) is 0. The second-order valence-corrected chi connectivity index (χ2v) is 5.19. The van der Waals surface area contributed by atoms with E-state index in [2.05, 4.69) is 28.3 Å². The molecule has 3 rings (SSSR count). The summed E-state index contributed by atoms with van der Waals surface area (Å²) in [7, 11) is 0. The van der Waals surface area contributed by atoms with Gasteiger partial charge in [-0.15, -0.1) is 0 Å². The van der Waals surface area contributed by atoms with Crippen LogP contribution in [0.1, 0.15) is 30.0 Å². The molecule has 1 aliphatic carbocycles. The number of aryl methyl sites for hydroxylation is 1. The number of anilines is 1. The number of ether oxygens (including phenoxy) is 1. The Labute approximate surface area is 122 Å². The first-order valence-corrected chi connectivity index (χ1v) is 7.11. The van der Waals surface area contributed by atoms with Crippen LogP contribution >= 0.6 is 0 Å². The molecular formula is C17H17F2NO. The molecule has 0 saturated carbocycles. The van der Waals surface area contributed by atoms with E-state index >= 15 is 0 Å². The molecule has 0 aliphatic heterocycles. The second-order valence-electron chi connectivity index (χ2n) is 5.19. The van der Waals surface area contributed by atoms with Gasteiger partial charge in [-0.3, -0.25) is 0 Å². The number of rotatable bonds is 4. The molecule has 110 valence electrons. The van der Waals surface area contributed by atoms with Crippen molar-refractivity contribution in [3.63, 3.8) is 0 Å². The van der Waals surface area contributed by atoms with Gasteiger partial charge in [0.05, 0.1) is 6.04 Å². The molecule has 0 spiro atoms. The summed E-state index contributed by atoms with van der Waals surface area (Å²) >= 11 is 0. The topological polar surface area (TPSA) is 21.3 Å². The van der Waals surface area contributed by atoms with Gasteiger partial charge in [0.2, 0.25) is 0 Å². The summed E-state index contributed by atoms with van der Waals surface area (Å²) in [6, 6.07) is 15.3. The van der Waals surface area contributed by atoms with Crippen molar-refractivity contribution >= 4 is 5.69 Å². The molecule has 2 aromatic rings. The van der Waals surface area contributed by atoms with Crippen molar-refractivity contribution < 1.29 is 13.5 Å². The fraction of sp³-hybridized carbons (Fsp3) is 0.294. The molecule has 1 aliphatic rings. The first kappa shape index (κ1) is 13.9. The monoisotopic (exact) mass is 289 g/mol. The maximum absolute atomic E-state index is 12.3. The Morgan fingerprint density at radius 2 is 1.95 bits per heavy atom. The molecule has 1 unspecified atom stereocenters. The van der Waals surface area contributed by atoms with Gasteiger partial charge in [-0.1, -0.05) is 30.3 Å². The Morgan fingerprint density at radius 3 is 2.81 bits per heavy atom. The molecule has 0 aromatic heterocycles. The molecule has 0 heterocycles. The summed E-state index contributed by atoms with van der Waals surface area (Å²) in [5.41, 5.74) is 3.46. The molecule has 1 N–H and O–H groups in total. The number of hydrogen-bond acceptors (Lipinski definition) is 2. The van der Waals surface area contributed by atoms with Crippen molar-refractivity contribution in [2.24, 2.45) is 0 Å². The number of halogens is 2. The molecule has 4 heteroatoms. The molecule has 0 bridgehead atoms. The molecule has 0 fully saturated rings. The Hall–Kier alpha value is -2.10. The average molecular weight is 289 g/mol. The molecule has 21 heavy (non-hydrogen) atoms. The zero-order chi connectivity index (χ0) is 14.7. The SMILES string of the molecule is FC(F)Oc1cccc(NC2CCCc3ccccc32)c1. The van der Waals surface area contributed by atoms with Gasteiger partial charge in [-0.25, -0.2) is 0 Å². The smallest absolute Gasteiger partial charge is 0.387 e. The quantitative estimate of drug-likeness (QED) is 0.874. The summed E-state index contributed by atoms with van der Waals surface area (Å²) in [5.74, 6) is 0.180. The Morgan fingerprint density at radius 1 is 1.10 bits per heavy atom. The van der Waals surface area contributed by atoms with E-state index in [1.54, 1.807) is 12.1 Å². The number of nitrogens with one attached hydrogen (secondary N) is 1. The molecule has 0 radical (unpaired) electrons. The minimum atomic E-state index is -2.80. The van der Waals surface area contributed by atoms with Crippen molar-refractivity contribution in [3.8, 4) is 5.75 Å². The van der Waals surface area contributed by atoms with E-state index < -0.39 is 6.61 Å². The molecule has 2 nitrogen and oxygen atoms in total. The molecule has 1 atom stereocenters. The van der Waals surface area contributed by atoms with Crippen LogP contribution in [-0.4, -0.2) is 6.61 Å². The zero-order valence-corrected chi connectivity index (χ0v) is 11.6. The molecule has 2 aromatic carbocycles. The molecule has 0 amide bonds. The first-order valence-electron chi connectivity index (χ1n) is 7.11. The fourth-order valence-electron chi connectivity index (χ4n) is 2.87. The van der Waals surface area contributed by atoms with Crippen LogP contribution in [0.25, 0.3) is 0 Å². The lowest BCUT2D eigenvalue weighted by Gasteiger charge is -2.27. The highest BCUT2D eigenvalue weighted by molar-refractivity contribution is 5.51. The van der Waals surface area contributed by atoms with E-state index in [-0.39, 0.29) is 11.8 Å². The summed E-state index contributed by atoms with van der Waals surface area (Å²) < 4.78 is 29.0. The van der Waals surface area contributed by atoms with E-state index in [0.717, 1.165) is 24.9 Å². The first-order chi connectivity index (χ1) is 10.2. The Bertz CT molecular complexity index is 615. The van der Waals surface area contributed by atoms with Crippen LogP contribution in [0.3, 0.4) is 0 Å². The number of benzene rings is 2. The third-order valence-electron chi connectivity index (χ3n) is 3.77. The highest BCUT2D eigenvalue weighted by Crippen LogP contribution is 2.33. The average Bonchev–Trinajstić information content (AvgIpc) is 2.47. The van der Waals surface area contributed by atoms with Crippen LogP contribution in [0.2, 0.25) is 0 Å². The molecule has 0 saturated heterocycles. The highest BCUT2D eigenvalue weighted by atomic mass is 19.3. The lowest BCUT2D eigenvalue weighted by atomic mass is 9.87. The maximum Gasteiger partial charge on any atom is 0.387 e. The highest BCUT2D eigenvalue weighted by Gasteiger charge is 2.19. The molecular weight excluding hydrogens is 272 g/mol. The third kappa shape index (κ3) is 3.32. The van der Waals surface area contributed by atoms with Crippen LogP contribution < -0.4 is 10.1 Å². The summed E-state index contributed by atoms with van der Waals surface area (Å²) in [6.07, 6.45) is 3.27. The standard InChI is InChI=1S/C17H17F2NO/c18-17(19)21-14-8-4-7-13(11-14)20-16-10-3-6-12-5-1-2-9-15(12)16/h1-2,4-5,7-9,11,16-17,20H,3,6,10H2. The lowest BCUT2D eigenvalue weighted by Crippen LogP contribution is -2.17. The second kappa shape index (κ2) is 6.12. The van der Waals surface area contributed by atoms with Crippen LogP contribution in [0.4, 0.5) is 14.5 Å². The van der Waals surface area contributed by atoms with Gasteiger partial charge in [-0.05, 0) is 42.5 Å². The largest absolute Gasteiger partial charge is 0.435 e. The van der Waals surface area contributed by atoms with Gasteiger partial charge in [-0.2, -0.15) is 8.78 Å². The van der Waals surface area contributed by atoms with Crippen molar-refractivity contribution in [3.05, 3.63) is 59.7 Å². The van der Waals surface area contributed by atoms with Gasteiger partial charge in [0.1, 0.15) is 5.75 Å². The van der Waals surface area contributed by atoms with Crippen molar-refractivity contribution in [1.29, 1.82) is 0 Å². The van der Waals surface area contributed by atoms with E-state index in [9.17, 15) is 8.78 Å². The van der Waals surface area contributed by atoms with Crippen LogP contribution in [0.15, 0.2) is 48.5 Å².